The third-order valence-corrected chi connectivity index (χ3v) is 3.66. The predicted octanol–water partition coefficient (Wildman–Crippen LogP) is 2.37. The van der Waals surface area contributed by atoms with Crippen LogP contribution in [0.15, 0.2) is 18.6 Å². The summed E-state index contributed by atoms with van der Waals surface area (Å²) in [6, 6.07) is 0.141. The van der Waals surface area contributed by atoms with Gasteiger partial charge in [0.1, 0.15) is 11.9 Å². The van der Waals surface area contributed by atoms with Crippen molar-refractivity contribution in [1.82, 2.24) is 19.9 Å². The molecule has 0 fully saturated rings. The Morgan fingerprint density at radius 1 is 1.47 bits per heavy atom. The molecule has 0 aliphatic heterocycles. The summed E-state index contributed by atoms with van der Waals surface area (Å²) >= 11 is 1.72. The fraction of sp³-hybridized carbons (Fsp3) is 0.500. The van der Waals surface area contributed by atoms with Crippen LogP contribution in [0.2, 0.25) is 0 Å². The minimum absolute atomic E-state index is 0.141. The maximum Gasteiger partial charge on any atom is 0.131 e. The van der Waals surface area contributed by atoms with E-state index in [2.05, 4.69) is 26.8 Å². The van der Waals surface area contributed by atoms with E-state index in [1.807, 2.05) is 32.6 Å². The summed E-state index contributed by atoms with van der Waals surface area (Å²) < 4.78 is 2.20. The second-order valence-corrected chi connectivity index (χ2v) is 5.25. The lowest BCUT2D eigenvalue weighted by molar-refractivity contribution is 0.572. The van der Waals surface area contributed by atoms with Crippen molar-refractivity contribution < 1.29 is 0 Å². The number of hydrogen-bond acceptors (Lipinski definition) is 4. The Bertz CT molecular complexity index is 474. The van der Waals surface area contributed by atoms with Crippen LogP contribution in [0.3, 0.4) is 0 Å². The van der Waals surface area contributed by atoms with Crippen LogP contribution in [-0.4, -0.2) is 21.6 Å². The molecule has 0 aromatic carbocycles. The van der Waals surface area contributed by atoms with Gasteiger partial charge in [-0.25, -0.2) is 9.97 Å². The van der Waals surface area contributed by atoms with Gasteiger partial charge in [0.25, 0.3) is 0 Å². The normalized spacial score (nSPS) is 12.9. The number of hydrogen-bond donors (Lipinski definition) is 1. The lowest BCUT2D eigenvalue weighted by atomic mass is 10.2. The Balaban J connectivity index is 2.31. The molecule has 0 bridgehead atoms. The first-order valence-electron chi connectivity index (χ1n) is 5.87. The van der Waals surface area contributed by atoms with Crippen LogP contribution >= 0.6 is 11.3 Å². The number of nitrogens with one attached hydrogen (secondary N) is 1. The number of nitrogens with zero attached hydrogens (tertiary/aromatic N) is 3. The molecule has 1 unspecified atom stereocenters. The zero-order chi connectivity index (χ0) is 12.3. The fourth-order valence-corrected chi connectivity index (χ4v) is 2.81. The summed E-state index contributed by atoms with van der Waals surface area (Å²) in [5.74, 6) is 1.07. The molecule has 0 spiro atoms. The van der Waals surface area contributed by atoms with Crippen LogP contribution in [-0.2, 0) is 6.54 Å². The van der Waals surface area contributed by atoms with Crippen molar-refractivity contribution in [3.63, 3.8) is 0 Å². The van der Waals surface area contributed by atoms with Crippen molar-refractivity contribution in [1.29, 1.82) is 0 Å². The molecule has 2 rings (SSSR count). The Morgan fingerprint density at radius 2 is 2.29 bits per heavy atom. The van der Waals surface area contributed by atoms with E-state index in [1.165, 1.54) is 4.88 Å². The molecule has 5 heteroatoms. The summed E-state index contributed by atoms with van der Waals surface area (Å²) in [5.41, 5.74) is 0. The molecule has 0 aliphatic rings. The maximum absolute atomic E-state index is 4.47. The molecule has 0 radical (unpaired) electrons. The van der Waals surface area contributed by atoms with Crippen molar-refractivity contribution in [3.8, 4) is 0 Å². The highest BCUT2D eigenvalue weighted by atomic mass is 32.1. The summed E-state index contributed by atoms with van der Waals surface area (Å²) in [5, 5.41) is 4.41. The number of aromatic nitrogens is 3. The summed E-state index contributed by atoms with van der Waals surface area (Å²) in [4.78, 5) is 10.00. The molecular weight excluding hydrogens is 232 g/mol. The molecule has 0 saturated carbocycles. The summed E-state index contributed by atoms with van der Waals surface area (Å²) in [6.45, 7) is 5.21. The van der Waals surface area contributed by atoms with Crippen LogP contribution in [0.4, 0.5) is 0 Å². The third-order valence-electron chi connectivity index (χ3n) is 2.68. The highest BCUT2D eigenvalue weighted by molar-refractivity contribution is 7.11. The lowest BCUT2D eigenvalue weighted by Crippen LogP contribution is -2.21. The SMILES string of the molecule is CCCn1ccnc1C(NC)c1cnc(C)s1. The van der Waals surface area contributed by atoms with Crippen molar-refractivity contribution in [3.05, 3.63) is 34.3 Å². The van der Waals surface area contributed by atoms with Gasteiger partial charge in [-0.05, 0) is 20.4 Å². The van der Waals surface area contributed by atoms with Gasteiger partial charge in [0.2, 0.25) is 0 Å². The van der Waals surface area contributed by atoms with Gasteiger partial charge in [0, 0.05) is 30.0 Å². The number of rotatable bonds is 5. The molecule has 4 nitrogen and oxygen atoms in total. The van der Waals surface area contributed by atoms with Crippen molar-refractivity contribution >= 4 is 11.3 Å². The smallest absolute Gasteiger partial charge is 0.131 e. The Hall–Kier alpha value is -1.20. The van der Waals surface area contributed by atoms with Crippen molar-refractivity contribution in [2.75, 3.05) is 7.05 Å². The minimum Gasteiger partial charge on any atom is -0.333 e. The van der Waals surface area contributed by atoms with E-state index < -0.39 is 0 Å². The highest BCUT2D eigenvalue weighted by Crippen LogP contribution is 2.25. The van der Waals surface area contributed by atoms with Gasteiger partial charge in [-0.1, -0.05) is 6.92 Å². The molecule has 2 heterocycles. The van der Waals surface area contributed by atoms with E-state index >= 15 is 0 Å². The van der Waals surface area contributed by atoms with Crippen molar-refractivity contribution in [2.24, 2.45) is 0 Å². The highest BCUT2D eigenvalue weighted by Gasteiger charge is 2.19. The second-order valence-electron chi connectivity index (χ2n) is 3.98. The molecule has 2 aromatic rings. The van der Waals surface area contributed by atoms with Gasteiger partial charge in [0.15, 0.2) is 0 Å². The minimum atomic E-state index is 0.141. The summed E-state index contributed by atoms with van der Waals surface area (Å²) in [6.07, 6.45) is 6.95. The van der Waals surface area contributed by atoms with Crippen LogP contribution < -0.4 is 5.32 Å². The average molecular weight is 250 g/mol. The Kier molecular flexibility index (Phi) is 3.91. The first kappa shape index (κ1) is 12.3. The zero-order valence-electron chi connectivity index (χ0n) is 10.5. The maximum atomic E-state index is 4.47. The predicted molar refractivity (Wildman–Crippen MR) is 70.3 cm³/mol. The Morgan fingerprint density at radius 3 is 2.88 bits per heavy atom. The molecule has 2 aromatic heterocycles. The fourth-order valence-electron chi connectivity index (χ4n) is 1.92. The third kappa shape index (κ3) is 2.56. The summed E-state index contributed by atoms with van der Waals surface area (Å²) in [7, 11) is 1.96. The van der Waals surface area contributed by atoms with E-state index in [9.17, 15) is 0 Å². The van der Waals surface area contributed by atoms with Gasteiger partial charge >= 0.3 is 0 Å². The van der Waals surface area contributed by atoms with Crippen molar-refractivity contribution in [2.45, 2.75) is 32.9 Å². The van der Waals surface area contributed by atoms with Gasteiger partial charge in [-0.3, -0.25) is 0 Å². The molecule has 1 N–H and O–H groups in total. The molecule has 0 amide bonds. The van der Waals surface area contributed by atoms with E-state index in [0.717, 1.165) is 23.8 Å². The van der Waals surface area contributed by atoms with E-state index in [1.54, 1.807) is 11.3 Å². The molecule has 1 atom stereocenters. The largest absolute Gasteiger partial charge is 0.333 e. The van der Waals surface area contributed by atoms with Gasteiger partial charge in [-0.15, -0.1) is 11.3 Å². The standard InChI is InChI=1S/C12H18N4S/c1-4-6-16-7-5-14-12(16)11(13-3)10-8-15-9(2)17-10/h5,7-8,11,13H,4,6H2,1-3H3. The molecule has 17 heavy (non-hydrogen) atoms. The first-order chi connectivity index (χ1) is 8.26. The van der Waals surface area contributed by atoms with E-state index in [0.29, 0.717) is 0 Å². The first-order valence-corrected chi connectivity index (χ1v) is 6.68. The zero-order valence-corrected chi connectivity index (χ0v) is 11.3. The lowest BCUT2D eigenvalue weighted by Gasteiger charge is -2.15. The molecule has 0 aliphatic carbocycles. The number of aryl methyl sites for hydroxylation is 2. The molecular formula is C12H18N4S. The topological polar surface area (TPSA) is 42.7 Å². The molecule has 92 valence electrons. The monoisotopic (exact) mass is 250 g/mol. The van der Waals surface area contributed by atoms with Gasteiger partial charge < -0.3 is 9.88 Å². The van der Waals surface area contributed by atoms with Crippen LogP contribution in [0.5, 0.6) is 0 Å². The van der Waals surface area contributed by atoms with Crippen LogP contribution in [0.1, 0.15) is 35.1 Å². The van der Waals surface area contributed by atoms with E-state index in [4.69, 9.17) is 0 Å². The van der Waals surface area contributed by atoms with E-state index in [-0.39, 0.29) is 6.04 Å². The second kappa shape index (κ2) is 5.42. The average Bonchev–Trinajstić information content (AvgIpc) is 2.91. The molecule has 0 saturated heterocycles. The van der Waals surface area contributed by atoms with Crippen LogP contribution in [0.25, 0.3) is 0 Å². The van der Waals surface area contributed by atoms with Crippen LogP contribution in [0, 0.1) is 6.92 Å². The number of thiazole rings is 1. The number of imidazole rings is 1. The quantitative estimate of drug-likeness (QED) is 0.886. The Labute approximate surface area is 106 Å². The van der Waals surface area contributed by atoms with Gasteiger partial charge in [-0.2, -0.15) is 0 Å². The van der Waals surface area contributed by atoms with Gasteiger partial charge in [0.05, 0.1) is 5.01 Å².